The number of aromatic nitrogens is 2. The second kappa shape index (κ2) is 8.41. The monoisotopic (exact) mass is 417 g/mol. The van der Waals surface area contributed by atoms with Crippen LogP contribution in [-0.2, 0) is 11.3 Å². The lowest BCUT2D eigenvalue weighted by Crippen LogP contribution is -2.34. The average molecular weight is 418 g/mol. The molecule has 0 saturated heterocycles. The third-order valence-corrected chi connectivity index (χ3v) is 6.04. The van der Waals surface area contributed by atoms with Gasteiger partial charge in [0.25, 0.3) is 5.56 Å². The summed E-state index contributed by atoms with van der Waals surface area (Å²) >= 11 is 7.32. The molecule has 28 heavy (non-hydrogen) atoms. The molecule has 2 aromatic heterocycles. The molecule has 0 bridgehead atoms. The van der Waals surface area contributed by atoms with Gasteiger partial charge in [-0.05, 0) is 43.2 Å². The van der Waals surface area contributed by atoms with Gasteiger partial charge in [-0.15, -0.1) is 0 Å². The van der Waals surface area contributed by atoms with Crippen molar-refractivity contribution in [2.24, 2.45) is 0 Å². The summed E-state index contributed by atoms with van der Waals surface area (Å²) < 4.78 is 6.94. The molecule has 1 aliphatic rings. The van der Waals surface area contributed by atoms with E-state index in [1.807, 2.05) is 0 Å². The molecule has 6 nitrogen and oxygen atoms in total. The Morgan fingerprint density at radius 2 is 2.14 bits per heavy atom. The first kappa shape index (κ1) is 19.1. The molecular weight excluding hydrogens is 398 g/mol. The van der Waals surface area contributed by atoms with Crippen LogP contribution in [0.25, 0.3) is 10.9 Å². The van der Waals surface area contributed by atoms with Gasteiger partial charge in [-0.2, -0.15) is 0 Å². The first-order valence-electron chi connectivity index (χ1n) is 9.25. The van der Waals surface area contributed by atoms with Crippen LogP contribution in [0.1, 0.15) is 31.4 Å². The van der Waals surface area contributed by atoms with Crippen LogP contribution in [0.2, 0.25) is 5.02 Å². The standard InChI is InChI=1S/C20H20ClN3O3S/c21-13-7-8-16-17(10-13)23-20(24(19(16)26)11-15-6-3-9-27-15)28-12-18(25)22-14-4-1-2-5-14/h3,6-10,14H,1-2,4-5,11-12H2,(H,22,25). The van der Waals surface area contributed by atoms with Crippen molar-refractivity contribution in [3.63, 3.8) is 0 Å². The van der Waals surface area contributed by atoms with Crippen molar-refractivity contribution in [1.82, 2.24) is 14.9 Å². The SMILES string of the molecule is O=C(CSc1nc2cc(Cl)ccc2c(=O)n1Cc1ccco1)NC1CCCC1. The van der Waals surface area contributed by atoms with E-state index in [4.69, 9.17) is 16.0 Å². The van der Waals surface area contributed by atoms with E-state index in [1.165, 1.54) is 11.8 Å². The number of furan rings is 1. The summed E-state index contributed by atoms with van der Waals surface area (Å²) in [6.07, 6.45) is 5.96. The fourth-order valence-electron chi connectivity index (χ4n) is 3.45. The molecule has 0 radical (unpaired) electrons. The topological polar surface area (TPSA) is 77.1 Å². The average Bonchev–Trinajstić information content (AvgIpc) is 3.36. The van der Waals surface area contributed by atoms with Gasteiger partial charge in [-0.1, -0.05) is 36.2 Å². The van der Waals surface area contributed by atoms with Crippen LogP contribution in [0.3, 0.4) is 0 Å². The van der Waals surface area contributed by atoms with Crippen molar-refractivity contribution in [3.05, 3.63) is 57.7 Å². The summed E-state index contributed by atoms with van der Waals surface area (Å²) in [7, 11) is 0. The van der Waals surface area contributed by atoms with E-state index in [1.54, 1.807) is 41.2 Å². The quantitative estimate of drug-likeness (QED) is 0.487. The van der Waals surface area contributed by atoms with Crippen LogP contribution >= 0.6 is 23.4 Å². The third kappa shape index (κ3) is 4.25. The number of amides is 1. The summed E-state index contributed by atoms with van der Waals surface area (Å²) in [4.78, 5) is 30.0. The Hall–Kier alpha value is -2.25. The van der Waals surface area contributed by atoms with E-state index >= 15 is 0 Å². The molecule has 0 aliphatic heterocycles. The number of carbonyl (C=O) groups excluding carboxylic acids is 1. The zero-order chi connectivity index (χ0) is 19.5. The summed E-state index contributed by atoms with van der Waals surface area (Å²) in [5.41, 5.74) is 0.337. The molecule has 1 amide bonds. The fourth-order valence-corrected chi connectivity index (χ4v) is 4.43. The van der Waals surface area contributed by atoms with Crippen molar-refractivity contribution in [3.8, 4) is 0 Å². The maximum Gasteiger partial charge on any atom is 0.262 e. The minimum Gasteiger partial charge on any atom is -0.467 e. The molecule has 1 N–H and O–H groups in total. The maximum atomic E-state index is 13.0. The molecule has 1 saturated carbocycles. The van der Waals surface area contributed by atoms with E-state index in [9.17, 15) is 9.59 Å². The molecular formula is C20H20ClN3O3S. The largest absolute Gasteiger partial charge is 0.467 e. The summed E-state index contributed by atoms with van der Waals surface area (Å²) in [6, 6.07) is 8.86. The highest BCUT2D eigenvalue weighted by Crippen LogP contribution is 2.22. The van der Waals surface area contributed by atoms with Gasteiger partial charge in [0.1, 0.15) is 5.76 Å². The number of thioether (sulfide) groups is 1. The molecule has 4 rings (SSSR count). The molecule has 0 unspecified atom stereocenters. The zero-order valence-electron chi connectivity index (χ0n) is 15.2. The molecule has 0 spiro atoms. The number of fused-ring (bicyclic) bond motifs is 1. The van der Waals surface area contributed by atoms with Crippen molar-refractivity contribution in [1.29, 1.82) is 0 Å². The Bertz CT molecular complexity index is 1040. The summed E-state index contributed by atoms with van der Waals surface area (Å²) in [5, 5.41) is 4.52. The number of benzene rings is 1. The molecule has 1 fully saturated rings. The number of hydrogen-bond acceptors (Lipinski definition) is 5. The van der Waals surface area contributed by atoms with Gasteiger partial charge >= 0.3 is 0 Å². The van der Waals surface area contributed by atoms with Gasteiger partial charge in [0, 0.05) is 11.1 Å². The highest BCUT2D eigenvalue weighted by Gasteiger charge is 2.19. The molecule has 146 valence electrons. The smallest absolute Gasteiger partial charge is 0.262 e. The van der Waals surface area contributed by atoms with E-state index in [0.717, 1.165) is 25.7 Å². The van der Waals surface area contributed by atoms with Gasteiger partial charge in [0.15, 0.2) is 5.16 Å². The van der Waals surface area contributed by atoms with Crippen LogP contribution in [0, 0.1) is 0 Å². The van der Waals surface area contributed by atoms with E-state index in [2.05, 4.69) is 10.3 Å². The molecule has 1 aliphatic carbocycles. The number of hydrogen-bond donors (Lipinski definition) is 1. The Balaban J connectivity index is 1.62. The molecule has 1 aromatic carbocycles. The first-order valence-corrected chi connectivity index (χ1v) is 10.6. The lowest BCUT2D eigenvalue weighted by Gasteiger charge is -2.14. The molecule has 0 atom stereocenters. The normalized spacial score (nSPS) is 14.6. The Labute approximate surface area is 171 Å². The lowest BCUT2D eigenvalue weighted by atomic mass is 10.2. The number of nitrogens with one attached hydrogen (secondary N) is 1. The van der Waals surface area contributed by atoms with Crippen LogP contribution in [0.15, 0.2) is 51.0 Å². The van der Waals surface area contributed by atoms with Gasteiger partial charge in [-0.3, -0.25) is 14.2 Å². The Morgan fingerprint density at radius 3 is 2.89 bits per heavy atom. The van der Waals surface area contributed by atoms with Crippen LogP contribution in [0.5, 0.6) is 0 Å². The number of nitrogens with zero attached hydrogens (tertiary/aromatic N) is 2. The van der Waals surface area contributed by atoms with E-state index < -0.39 is 0 Å². The number of halogens is 1. The van der Waals surface area contributed by atoms with Gasteiger partial charge in [0.2, 0.25) is 5.91 Å². The Kier molecular flexibility index (Phi) is 5.73. The van der Waals surface area contributed by atoms with Crippen LogP contribution < -0.4 is 10.9 Å². The summed E-state index contributed by atoms with van der Waals surface area (Å²) in [6.45, 7) is 0.254. The van der Waals surface area contributed by atoms with Gasteiger partial charge < -0.3 is 9.73 Å². The minimum atomic E-state index is -0.184. The van der Waals surface area contributed by atoms with E-state index in [-0.39, 0.29) is 29.8 Å². The number of carbonyl (C=O) groups is 1. The van der Waals surface area contributed by atoms with E-state index in [0.29, 0.717) is 26.8 Å². The van der Waals surface area contributed by atoms with Crippen LogP contribution in [-0.4, -0.2) is 27.3 Å². The predicted octanol–water partition coefficient (Wildman–Crippen LogP) is 3.84. The maximum absolute atomic E-state index is 13.0. The second-order valence-corrected chi connectivity index (χ2v) is 8.24. The highest BCUT2D eigenvalue weighted by atomic mass is 35.5. The molecule has 8 heteroatoms. The fraction of sp³-hybridized carbons (Fsp3) is 0.350. The van der Waals surface area contributed by atoms with Crippen molar-refractivity contribution in [2.75, 3.05) is 5.75 Å². The third-order valence-electron chi connectivity index (χ3n) is 4.83. The molecule has 3 aromatic rings. The lowest BCUT2D eigenvalue weighted by molar-refractivity contribution is -0.119. The second-order valence-electron chi connectivity index (χ2n) is 6.86. The Morgan fingerprint density at radius 1 is 1.32 bits per heavy atom. The summed E-state index contributed by atoms with van der Waals surface area (Å²) in [5.74, 6) is 0.809. The van der Waals surface area contributed by atoms with Crippen molar-refractivity contribution < 1.29 is 9.21 Å². The van der Waals surface area contributed by atoms with Crippen molar-refractivity contribution >= 4 is 40.2 Å². The minimum absolute atomic E-state index is 0.0399. The zero-order valence-corrected chi connectivity index (χ0v) is 16.8. The predicted molar refractivity (Wildman–Crippen MR) is 110 cm³/mol. The first-order chi connectivity index (χ1) is 13.6. The molecule has 2 heterocycles. The van der Waals surface area contributed by atoms with Crippen LogP contribution in [0.4, 0.5) is 0 Å². The number of rotatable bonds is 6. The van der Waals surface area contributed by atoms with Crippen molar-refractivity contribution in [2.45, 2.75) is 43.4 Å². The highest BCUT2D eigenvalue weighted by molar-refractivity contribution is 7.99. The van der Waals surface area contributed by atoms with Gasteiger partial charge in [-0.25, -0.2) is 4.98 Å². The van der Waals surface area contributed by atoms with Gasteiger partial charge in [0.05, 0.1) is 29.5 Å².